The second-order valence-electron chi connectivity index (χ2n) is 7.86. The first-order valence-corrected chi connectivity index (χ1v) is 11.9. The molecule has 1 amide bonds. The molecular weight excluding hydrogens is 492 g/mol. The highest BCUT2D eigenvalue weighted by Gasteiger charge is 2.25. The van der Waals surface area contributed by atoms with Gasteiger partial charge in [0, 0.05) is 28.8 Å². The molecule has 32 heavy (non-hydrogen) atoms. The highest BCUT2D eigenvalue weighted by Crippen LogP contribution is 2.30. The molecule has 0 saturated carbocycles. The highest BCUT2D eigenvalue weighted by atomic mass is 79.9. The number of rotatable bonds is 7. The quantitative estimate of drug-likeness (QED) is 0.520. The molecule has 0 radical (unpaired) electrons. The number of amides is 1. The normalized spacial score (nSPS) is 18.2. The summed E-state index contributed by atoms with van der Waals surface area (Å²) in [5.74, 6) is 0.823. The van der Waals surface area contributed by atoms with Crippen molar-refractivity contribution in [3.8, 4) is 11.5 Å². The Hall–Kier alpha value is -2.16. The molecule has 1 fully saturated rings. The van der Waals surface area contributed by atoms with Gasteiger partial charge in [-0.15, -0.1) is 0 Å². The maximum absolute atomic E-state index is 12.4. The third kappa shape index (κ3) is 6.43. The number of benzene rings is 2. The molecule has 0 bridgehead atoms. The zero-order valence-electron chi connectivity index (χ0n) is 18.8. The number of hydrogen-bond donors (Lipinski definition) is 1. The third-order valence-electron chi connectivity index (χ3n) is 5.00. The molecular formula is C24H29BrN2O4S. The first-order chi connectivity index (χ1) is 15.3. The Morgan fingerprint density at radius 3 is 2.53 bits per heavy atom. The average Bonchev–Trinajstić information content (AvgIpc) is 2.74. The lowest BCUT2D eigenvalue weighted by Gasteiger charge is -2.37. The van der Waals surface area contributed by atoms with Crippen LogP contribution in [0.4, 0.5) is 5.69 Å². The van der Waals surface area contributed by atoms with Crippen molar-refractivity contribution in [2.45, 2.75) is 39.9 Å². The van der Waals surface area contributed by atoms with Gasteiger partial charge >= 0.3 is 0 Å². The van der Waals surface area contributed by atoms with Gasteiger partial charge < -0.3 is 24.4 Å². The van der Waals surface area contributed by atoms with Crippen molar-refractivity contribution >= 4 is 44.7 Å². The fraction of sp³-hybridized carbons (Fsp3) is 0.417. The summed E-state index contributed by atoms with van der Waals surface area (Å²) < 4.78 is 18.3. The lowest BCUT2D eigenvalue weighted by molar-refractivity contribution is -0.118. The van der Waals surface area contributed by atoms with Crippen LogP contribution in [0, 0.1) is 6.92 Å². The van der Waals surface area contributed by atoms with E-state index in [1.807, 2.05) is 44.2 Å². The molecule has 0 spiro atoms. The van der Waals surface area contributed by atoms with Gasteiger partial charge in [-0.3, -0.25) is 4.79 Å². The number of nitrogens with one attached hydrogen (secondary N) is 1. The van der Waals surface area contributed by atoms with E-state index in [0.29, 0.717) is 18.1 Å². The van der Waals surface area contributed by atoms with Gasteiger partial charge in [-0.25, -0.2) is 0 Å². The summed E-state index contributed by atoms with van der Waals surface area (Å²) in [4.78, 5) is 15.3. The second-order valence-corrected chi connectivity index (χ2v) is 9.10. The Bertz CT molecular complexity index is 974. The van der Waals surface area contributed by atoms with Crippen LogP contribution < -0.4 is 14.8 Å². The Kier molecular flexibility index (Phi) is 8.51. The fourth-order valence-electron chi connectivity index (χ4n) is 3.62. The summed E-state index contributed by atoms with van der Waals surface area (Å²) in [5, 5.41) is 2.85. The molecule has 3 rings (SSSR count). The van der Waals surface area contributed by atoms with E-state index in [4.69, 9.17) is 26.4 Å². The van der Waals surface area contributed by atoms with E-state index in [9.17, 15) is 4.79 Å². The predicted molar refractivity (Wildman–Crippen MR) is 134 cm³/mol. The lowest BCUT2D eigenvalue weighted by Crippen LogP contribution is -2.47. The van der Waals surface area contributed by atoms with Crippen molar-refractivity contribution in [3.63, 3.8) is 0 Å². The zero-order valence-corrected chi connectivity index (χ0v) is 21.2. The van der Waals surface area contributed by atoms with Crippen LogP contribution in [-0.2, 0) is 9.53 Å². The van der Waals surface area contributed by atoms with Crippen LogP contribution in [0.1, 0.15) is 31.9 Å². The van der Waals surface area contributed by atoms with Crippen molar-refractivity contribution in [1.82, 2.24) is 4.90 Å². The molecule has 172 valence electrons. The largest absolute Gasteiger partial charge is 0.490 e. The van der Waals surface area contributed by atoms with Crippen LogP contribution in [0.2, 0.25) is 0 Å². The number of carbonyl (C=O) groups excluding carboxylic acids is 1. The smallest absolute Gasteiger partial charge is 0.262 e. The van der Waals surface area contributed by atoms with Crippen LogP contribution in [0.3, 0.4) is 0 Å². The van der Waals surface area contributed by atoms with E-state index in [2.05, 4.69) is 40.0 Å². The van der Waals surface area contributed by atoms with E-state index >= 15 is 0 Å². The standard InChI is InChI=1S/C24H29BrN2O4S/c1-5-29-22-11-18(24(32)27-12-16(3)31-17(4)13-27)6-9-21(22)30-14-23(28)26-19-7-8-20(25)15(2)10-19/h6-11,16-17H,5,12-14H2,1-4H3,(H,26,28)/t16-,17-/m0/s1. The minimum absolute atomic E-state index is 0.124. The maximum atomic E-state index is 12.4. The molecule has 6 nitrogen and oxygen atoms in total. The minimum Gasteiger partial charge on any atom is -0.490 e. The zero-order chi connectivity index (χ0) is 23.3. The SMILES string of the molecule is CCOc1cc(C(=S)N2C[C@H](C)O[C@@H](C)C2)ccc1OCC(=O)Nc1ccc(Br)c(C)c1. The van der Waals surface area contributed by atoms with Gasteiger partial charge in [-0.2, -0.15) is 0 Å². The Morgan fingerprint density at radius 2 is 1.88 bits per heavy atom. The van der Waals surface area contributed by atoms with Crippen molar-refractivity contribution in [2.24, 2.45) is 0 Å². The van der Waals surface area contributed by atoms with E-state index in [1.165, 1.54) is 0 Å². The lowest BCUT2D eigenvalue weighted by atomic mass is 10.1. The van der Waals surface area contributed by atoms with Gasteiger partial charge in [0.05, 0.1) is 18.8 Å². The first-order valence-electron chi connectivity index (χ1n) is 10.7. The number of carbonyl (C=O) groups is 1. The molecule has 0 aliphatic carbocycles. The van der Waals surface area contributed by atoms with Crippen LogP contribution in [0.25, 0.3) is 0 Å². The number of hydrogen-bond acceptors (Lipinski definition) is 5. The van der Waals surface area contributed by atoms with Gasteiger partial charge in [-0.05, 0) is 69.7 Å². The molecule has 1 saturated heterocycles. The van der Waals surface area contributed by atoms with Gasteiger partial charge in [-0.1, -0.05) is 28.1 Å². The molecule has 0 aromatic heterocycles. The topological polar surface area (TPSA) is 60.0 Å². The number of nitrogens with zero attached hydrogens (tertiary/aromatic N) is 1. The first kappa shape index (κ1) is 24.5. The summed E-state index contributed by atoms with van der Waals surface area (Å²) in [7, 11) is 0. The Balaban J connectivity index is 1.66. The predicted octanol–water partition coefficient (Wildman–Crippen LogP) is 4.96. The minimum atomic E-state index is -0.245. The van der Waals surface area contributed by atoms with Gasteiger partial charge in [0.25, 0.3) is 5.91 Å². The van der Waals surface area contributed by atoms with E-state index in [1.54, 1.807) is 6.07 Å². The Labute approximate surface area is 203 Å². The van der Waals surface area contributed by atoms with Gasteiger partial charge in [0.2, 0.25) is 0 Å². The van der Waals surface area contributed by atoms with Crippen molar-refractivity contribution < 1.29 is 19.0 Å². The average molecular weight is 521 g/mol. The van der Waals surface area contributed by atoms with Gasteiger partial charge in [0.15, 0.2) is 18.1 Å². The number of anilines is 1. The third-order valence-corrected chi connectivity index (χ3v) is 6.38. The van der Waals surface area contributed by atoms with Crippen LogP contribution in [0.15, 0.2) is 40.9 Å². The van der Waals surface area contributed by atoms with Crippen molar-refractivity contribution in [3.05, 3.63) is 52.0 Å². The maximum Gasteiger partial charge on any atom is 0.262 e. The monoisotopic (exact) mass is 520 g/mol. The van der Waals surface area contributed by atoms with Crippen molar-refractivity contribution in [1.29, 1.82) is 0 Å². The van der Waals surface area contributed by atoms with Crippen molar-refractivity contribution in [2.75, 3.05) is 31.6 Å². The molecule has 2 atom stereocenters. The molecule has 0 unspecified atom stereocenters. The molecule has 2 aromatic rings. The molecule has 1 aliphatic rings. The summed E-state index contributed by atoms with van der Waals surface area (Å²) in [6.45, 7) is 9.82. The number of morpholine rings is 1. The summed E-state index contributed by atoms with van der Waals surface area (Å²) in [5.41, 5.74) is 2.64. The summed E-state index contributed by atoms with van der Waals surface area (Å²) in [6.07, 6.45) is 0.248. The highest BCUT2D eigenvalue weighted by molar-refractivity contribution is 9.10. The van der Waals surface area contributed by atoms with Gasteiger partial charge in [0.1, 0.15) is 4.99 Å². The fourth-order valence-corrected chi connectivity index (χ4v) is 4.14. The number of ether oxygens (including phenoxy) is 3. The molecule has 8 heteroatoms. The summed E-state index contributed by atoms with van der Waals surface area (Å²) in [6, 6.07) is 11.2. The Morgan fingerprint density at radius 1 is 1.16 bits per heavy atom. The second kappa shape index (κ2) is 11.1. The molecule has 2 aromatic carbocycles. The van der Waals surface area contributed by atoms with E-state index in [-0.39, 0.29) is 24.7 Å². The van der Waals surface area contributed by atoms with Crippen LogP contribution >= 0.6 is 28.1 Å². The molecule has 1 N–H and O–H groups in total. The van der Waals surface area contributed by atoms with Crippen LogP contribution in [-0.4, -0.2) is 54.3 Å². The summed E-state index contributed by atoms with van der Waals surface area (Å²) >= 11 is 9.20. The molecule has 1 heterocycles. The van der Waals surface area contributed by atoms with E-state index in [0.717, 1.165) is 39.4 Å². The van der Waals surface area contributed by atoms with E-state index < -0.39 is 0 Å². The molecule has 1 aliphatic heterocycles. The number of aryl methyl sites for hydroxylation is 1. The number of thiocarbonyl (C=S) groups is 1. The number of halogens is 1. The van der Waals surface area contributed by atoms with Crippen LogP contribution in [0.5, 0.6) is 11.5 Å².